The van der Waals surface area contributed by atoms with Crippen LogP contribution in [0.3, 0.4) is 0 Å². The van der Waals surface area contributed by atoms with Crippen molar-refractivity contribution in [2.45, 2.75) is 6.92 Å². The molecule has 0 saturated carbocycles. The van der Waals surface area contributed by atoms with Crippen LogP contribution in [0.25, 0.3) is 17.4 Å². The Balaban J connectivity index is 1.94. The molecule has 0 aliphatic carbocycles. The minimum atomic E-state index is -0.420. The fourth-order valence-corrected chi connectivity index (χ4v) is 2.68. The molecule has 2 heterocycles. The van der Waals surface area contributed by atoms with Gasteiger partial charge in [0.05, 0.1) is 4.91 Å². The Morgan fingerprint density at radius 2 is 2.05 bits per heavy atom. The minimum Gasteiger partial charge on any atom is -0.508 e. The van der Waals surface area contributed by atoms with E-state index in [1.807, 2.05) is 6.07 Å². The van der Waals surface area contributed by atoms with Gasteiger partial charge in [-0.3, -0.25) is 14.9 Å². The van der Waals surface area contributed by atoms with Crippen LogP contribution >= 0.6 is 11.8 Å². The number of carbonyl (C=O) groups excluding carboxylic acids is 2. The standard InChI is InChI=1S/C15H11NO4S/c1-8-10(3-2-4-11(8)17)12-6-5-9(20-12)7-13-14(18)16-15(19)21-13/h2-7,17H,1H3,(H,16,18,19). The quantitative estimate of drug-likeness (QED) is 0.832. The predicted molar refractivity (Wildman–Crippen MR) is 79.7 cm³/mol. The van der Waals surface area contributed by atoms with Gasteiger partial charge in [-0.15, -0.1) is 0 Å². The molecule has 0 spiro atoms. The van der Waals surface area contributed by atoms with Crippen molar-refractivity contribution in [3.05, 3.63) is 46.6 Å². The number of imide groups is 1. The second kappa shape index (κ2) is 5.14. The van der Waals surface area contributed by atoms with Crippen LogP contribution in [-0.4, -0.2) is 16.3 Å². The van der Waals surface area contributed by atoms with E-state index in [1.54, 1.807) is 31.2 Å². The summed E-state index contributed by atoms with van der Waals surface area (Å²) in [6.07, 6.45) is 1.52. The second-order valence-electron chi connectivity index (χ2n) is 4.50. The summed E-state index contributed by atoms with van der Waals surface area (Å²) in [5, 5.41) is 11.5. The molecule has 106 valence electrons. The fourth-order valence-electron chi connectivity index (χ4n) is 2.02. The third kappa shape index (κ3) is 2.57. The number of phenols is 1. The summed E-state index contributed by atoms with van der Waals surface area (Å²) in [6, 6.07) is 8.65. The maximum atomic E-state index is 11.5. The zero-order valence-corrected chi connectivity index (χ0v) is 11.9. The van der Waals surface area contributed by atoms with Crippen molar-refractivity contribution < 1.29 is 19.1 Å². The molecule has 0 unspecified atom stereocenters. The van der Waals surface area contributed by atoms with Crippen molar-refractivity contribution >= 4 is 29.0 Å². The van der Waals surface area contributed by atoms with Crippen LogP contribution in [0.15, 0.2) is 39.7 Å². The smallest absolute Gasteiger partial charge is 0.290 e. The Kier molecular flexibility index (Phi) is 3.31. The first-order chi connectivity index (χ1) is 10.0. The van der Waals surface area contributed by atoms with Gasteiger partial charge in [-0.1, -0.05) is 12.1 Å². The highest BCUT2D eigenvalue weighted by Gasteiger charge is 2.25. The summed E-state index contributed by atoms with van der Waals surface area (Å²) in [7, 11) is 0. The molecular weight excluding hydrogens is 290 g/mol. The summed E-state index contributed by atoms with van der Waals surface area (Å²) in [6.45, 7) is 1.80. The lowest BCUT2D eigenvalue weighted by Crippen LogP contribution is -2.17. The third-order valence-corrected chi connectivity index (χ3v) is 3.92. The SMILES string of the molecule is Cc1c(O)cccc1-c1ccc(C=C2SC(=O)NC2=O)o1. The van der Waals surface area contributed by atoms with E-state index in [0.29, 0.717) is 22.0 Å². The summed E-state index contributed by atoms with van der Waals surface area (Å²) >= 11 is 0.841. The molecule has 1 saturated heterocycles. The largest absolute Gasteiger partial charge is 0.508 e. The molecule has 2 amide bonds. The lowest BCUT2D eigenvalue weighted by molar-refractivity contribution is -0.115. The lowest BCUT2D eigenvalue weighted by Gasteiger charge is -2.04. The summed E-state index contributed by atoms with van der Waals surface area (Å²) < 4.78 is 5.66. The Hall–Kier alpha value is -2.47. The Morgan fingerprint density at radius 1 is 1.24 bits per heavy atom. The number of benzene rings is 1. The lowest BCUT2D eigenvalue weighted by atomic mass is 10.1. The van der Waals surface area contributed by atoms with Crippen LogP contribution in [0.5, 0.6) is 5.75 Å². The molecule has 0 atom stereocenters. The molecule has 3 rings (SSSR count). The molecule has 0 radical (unpaired) electrons. The van der Waals surface area contributed by atoms with Crippen molar-refractivity contribution in [2.24, 2.45) is 0 Å². The molecule has 1 aliphatic rings. The molecule has 1 aromatic carbocycles. The number of phenolic OH excluding ortho intramolecular Hbond substituents is 1. The number of amides is 2. The first kappa shape index (κ1) is 13.5. The molecule has 0 bridgehead atoms. The van der Waals surface area contributed by atoms with Gasteiger partial charge in [-0.25, -0.2) is 0 Å². The summed E-state index contributed by atoms with van der Waals surface area (Å²) in [5.41, 5.74) is 1.49. The zero-order chi connectivity index (χ0) is 15.0. The van der Waals surface area contributed by atoms with Gasteiger partial charge in [-0.2, -0.15) is 0 Å². The Labute approximate surface area is 124 Å². The van der Waals surface area contributed by atoms with Crippen LogP contribution in [0, 0.1) is 6.92 Å². The van der Waals surface area contributed by atoms with Gasteiger partial charge in [0.25, 0.3) is 11.1 Å². The van der Waals surface area contributed by atoms with Gasteiger partial charge in [0.2, 0.25) is 0 Å². The molecular formula is C15H11NO4S. The molecule has 1 aliphatic heterocycles. The van der Waals surface area contributed by atoms with Crippen LogP contribution in [-0.2, 0) is 4.79 Å². The van der Waals surface area contributed by atoms with E-state index >= 15 is 0 Å². The zero-order valence-electron chi connectivity index (χ0n) is 11.0. The Bertz CT molecular complexity index is 776. The fraction of sp³-hybridized carbons (Fsp3) is 0.0667. The van der Waals surface area contributed by atoms with Gasteiger partial charge in [0.15, 0.2) is 0 Å². The summed E-state index contributed by atoms with van der Waals surface area (Å²) in [5.74, 6) is 0.835. The average molecular weight is 301 g/mol. The second-order valence-corrected chi connectivity index (χ2v) is 5.52. The molecule has 21 heavy (non-hydrogen) atoms. The van der Waals surface area contributed by atoms with Crippen molar-refractivity contribution in [1.82, 2.24) is 5.32 Å². The number of carbonyl (C=O) groups is 2. The maximum Gasteiger partial charge on any atom is 0.290 e. The number of aromatic hydroxyl groups is 1. The predicted octanol–water partition coefficient (Wildman–Crippen LogP) is 3.28. The highest BCUT2D eigenvalue weighted by Crippen LogP contribution is 2.32. The van der Waals surface area contributed by atoms with E-state index in [9.17, 15) is 14.7 Å². The van der Waals surface area contributed by atoms with Gasteiger partial charge in [0, 0.05) is 17.2 Å². The van der Waals surface area contributed by atoms with Crippen molar-refractivity contribution in [3.63, 3.8) is 0 Å². The highest BCUT2D eigenvalue weighted by molar-refractivity contribution is 8.18. The normalized spacial score (nSPS) is 16.5. The molecule has 1 aromatic heterocycles. The van der Waals surface area contributed by atoms with Crippen molar-refractivity contribution in [2.75, 3.05) is 0 Å². The van der Waals surface area contributed by atoms with Crippen LogP contribution < -0.4 is 5.32 Å². The van der Waals surface area contributed by atoms with Gasteiger partial charge in [-0.05, 0) is 36.9 Å². The van der Waals surface area contributed by atoms with E-state index in [-0.39, 0.29) is 11.0 Å². The number of furan rings is 1. The molecule has 1 fully saturated rings. The minimum absolute atomic E-state index is 0.195. The van der Waals surface area contributed by atoms with E-state index in [0.717, 1.165) is 17.3 Å². The van der Waals surface area contributed by atoms with E-state index in [2.05, 4.69) is 5.32 Å². The number of thioether (sulfide) groups is 1. The number of hydrogen-bond acceptors (Lipinski definition) is 5. The third-order valence-electron chi connectivity index (χ3n) is 3.11. The molecule has 2 aromatic rings. The number of nitrogens with one attached hydrogen (secondary N) is 1. The van der Waals surface area contributed by atoms with E-state index in [1.165, 1.54) is 6.08 Å². The van der Waals surface area contributed by atoms with E-state index in [4.69, 9.17) is 4.42 Å². The van der Waals surface area contributed by atoms with Crippen molar-refractivity contribution in [3.8, 4) is 17.1 Å². The van der Waals surface area contributed by atoms with Crippen molar-refractivity contribution in [1.29, 1.82) is 0 Å². The summed E-state index contributed by atoms with van der Waals surface area (Å²) in [4.78, 5) is 22.9. The topological polar surface area (TPSA) is 79.5 Å². The van der Waals surface area contributed by atoms with Gasteiger partial charge in [0.1, 0.15) is 17.3 Å². The molecule has 5 nitrogen and oxygen atoms in total. The maximum absolute atomic E-state index is 11.5. The molecule has 6 heteroatoms. The highest BCUT2D eigenvalue weighted by atomic mass is 32.2. The van der Waals surface area contributed by atoms with Gasteiger partial charge < -0.3 is 9.52 Å². The number of hydrogen-bond donors (Lipinski definition) is 2. The average Bonchev–Trinajstić information content (AvgIpc) is 3.01. The van der Waals surface area contributed by atoms with Crippen LogP contribution in [0.4, 0.5) is 4.79 Å². The van der Waals surface area contributed by atoms with Crippen LogP contribution in [0.2, 0.25) is 0 Å². The van der Waals surface area contributed by atoms with Crippen LogP contribution in [0.1, 0.15) is 11.3 Å². The molecule has 2 N–H and O–H groups in total. The van der Waals surface area contributed by atoms with Gasteiger partial charge >= 0.3 is 0 Å². The first-order valence-corrected chi connectivity index (χ1v) is 7.00. The number of rotatable bonds is 2. The Morgan fingerprint density at radius 3 is 2.76 bits per heavy atom. The first-order valence-electron chi connectivity index (χ1n) is 6.18. The monoisotopic (exact) mass is 301 g/mol. The van der Waals surface area contributed by atoms with E-state index < -0.39 is 5.91 Å².